The molecule has 0 spiro atoms. The normalized spacial score (nSPS) is 26.6. The molecule has 0 saturated heterocycles. The van der Waals surface area contributed by atoms with E-state index in [4.69, 9.17) is 0 Å². The van der Waals surface area contributed by atoms with Crippen molar-refractivity contribution in [3.8, 4) is 0 Å². The Bertz CT molecular complexity index is 331. The van der Waals surface area contributed by atoms with Crippen LogP contribution in [0.5, 0.6) is 0 Å². The summed E-state index contributed by atoms with van der Waals surface area (Å²) in [7, 11) is 0. The molecule has 1 saturated carbocycles. The van der Waals surface area contributed by atoms with Crippen molar-refractivity contribution < 1.29 is 0 Å². The van der Waals surface area contributed by atoms with Gasteiger partial charge in [0.05, 0.1) is 5.69 Å². The Balaban J connectivity index is 0.000000308. The highest BCUT2D eigenvalue weighted by Gasteiger charge is 2.39. The van der Waals surface area contributed by atoms with Gasteiger partial charge in [0.2, 0.25) is 0 Å². The van der Waals surface area contributed by atoms with Crippen LogP contribution in [0.1, 0.15) is 37.4 Å². The van der Waals surface area contributed by atoms with Crippen molar-refractivity contribution in [3.05, 3.63) is 29.9 Å². The Morgan fingerprint density at radius 2 is 2.23 bits per heavy atom. The van der Waals surface area contributed by atoms with E-state index >= 15 is 0 Å². The summed E-state index contributed by atoms with van der Waals surface area (Å²) in [6, 6.07) is 0. The van der Waals surface area contributed by atoms with Gasteiger partial charge in [0.25, 0.3) is 0 Å². The van der Waals surface area contributed by atoms with Crippen LogP contribution in [0.3, 0.4) is 0 Å². The minimum absolute atomic E-state index is 0.746. The molecule has 0 radical (unpaired) electrons. The highest BCUT2D eigenvalue weighted by molar-refractivity contribution is 5.56. The summed E-state index contributed by atoms with van der Waals surface area (Å²) in [6.07, 6.45) is 9.25. The van der Waals surface area contributed by atoms with E-state index in [1.165, 1.54) is 12.0 Å². The zero-order valence-corrected chi connectivity index (χ0v) is 8.07. The van der Waals surface area contributed by atoms with Crippen molar-refractivity contribution in [1.82, 2.24) is 9.97 Å². The van der Waals surface area contributed by atoms with E-state index in [0.717, 1.165) is 17.5 Å². The van der Waals surface area contributed by atoms with E-state index in [9.17, 15) is 0 Å². The number of hydrogen-bond acceptors (Lipinski definition) is 2. The summed E-state index contributed by atoms with van der Waals surface area (Å²) in [4.78, 5) is 8.23. The van der Waals surface area contributed by atoms with Crippen LogP contribution in [0, 0.1) is 5.92 Å². The maximum absolute atomic E-state index is 4.20. The predicted molar refractivity (Wildman–Crippen MR) is 53.3 cm³/mol. The first-order valence-corrected chi connectivity index (χ1v) is 4.93. The van der Waals surface area contributed by atoms with Crippen LogP contribution < -0.4 is 0 Å². The Morgan fingerprint density at radius 1 is 1.38 bits per heavy atom. The minimum Gasteiger partial charge on any atom is -0.244 e. The molecule has 13 heavy (non-hydrogen) atoms. The van der Waals surface area contributed by atoms with Crippen molar-refractivity contribution in [2.24, 2.45) is 5.92 Å². The van der Waals surface area contributed by atoms with Crippen LogP contribution in [0.4, 0.5) is 0 Å². The second-order valence-corrected chi connectivity index (χ2v) is 3.23. The van der Waals surface area contributed by atoms with Gasteiger partial charge in [0, 0.05) is 6.20 Å². The molecule has 0 amide bonds. The molecule has 2 aliphatic carbocycles. The second kappa shape index (κ2) is 3.29. The molecule has 0 bridgehead atoms. The van der Waals surface area contributed by atoms with Gasteiger partial charge in [0.15, 0.2) is 0 Å². The zero-order chi connectivity index (χ0) is 9.26. The minimum atomic E-state index is 0.746. The Kier molecular flexibility index (Phi) is 2.13. The van der Waals surface area contributed by atoms with Crippen molar-refractivity contribution >= 4 is 6.08 Å². The lowest BCUT2D eigenvalue weighted by Crippen LogP contribution is -1.95. The summed E-state index contributed by atoms with van der Waals surface area (Å²) < 4.78 is 0. The second-order valence-electron chi connectivity index (χ2n) is 3.23. The standard InChI is InChI=1S/C9H8N2.C2H6/c1-2-9-8(4-10-5-11-9)7-3-6(1)7;1-2/h1-2,4-7H,3H2;1-2H3. The van der Waals surface area contributed by atoms with Crippen LogP contribution in [0.25, 0.3) is 6.08 Å². The largest absolute Gasteiger partial charge is 0.244 e. The van der Waals surface area contributed by atoms with Crippen molar-refractivity contribution in [2.75, 3.05) is 0 Å². The third-order valence-corrected chi connectivity index (χ3v) is 2.51. The molecule has 1 heterocycles. The molecule has 2 heteroatoms. The molecule has 2 aliphatic rings. The average molecular weight is 174 g/mol. The summed E-state index contributed by atoms with van der Waals surface area (Å²) in [6.45, 7) is 4.00. The molecule has 2 atom stereocenters. The number of hydrogen-bond donors (Lipinski definition) is 0. The van der Waals surface area contributed by atoms with E-state index < -0.39 is 0 Å². The first kappa shape index (κ1) is 8.42. The van der Waals surface area contributed by atoms with E-state index in [1.54, 1.807) is 6.33 Å². The maximum Gasteiger partial charge on any atom is 0.116 e. The van der Waals surface area contributed by atoms with Gasteiger partial charge in [-0.2, -0.15) is 0 Å². The molecular weight excluding hydrogens is 160 g/mol. The highest BCUT2D eigenvalue weighted by atomic mass is 14.8. The number of rotatable bonds is 0. The SMILES string of the molecule is C1=CC2CC2c2cncnc21.CC. The van der Waals surface area contributed by atoms with E-state index in [-0.39, 0.29) is 0 Å². The molecule has 0 aliphatic heterocycles. The van der Waals surface area contributed by atoms with Gasteiger partial charge in [-0.1, -0.05) is 19.9 Å². The summed E-state index contributed by atoms with van der Waals surface area (Å²) >= 11 is 0. The molecule has 1 aromatic heterocycles. The number of nitrogens with zero attached hydrogens (tertiary/aromatic N) is 2. The molecule has 2 unspecified atom stereocenters. The zero-order valence-electron chi connectivity index (χ0n) is 8.07. The van der Waals surface area contributed by atoms with Gasteiger partial charge in [0.1, 0.15) is 6.33 Å². The lowest BCUT2D eigenvalue weighted by Gasteiger charge is -2.05. The lowest BCUT2D eigenvalue weighted by atomic mass is 10.0. The van der Waals surface area contributed by atoms with Gasteiger partial charge in [-0.25, -0.2) is 9.97 Å². The van der Waals surface area contributed by atoms with Crippen molar-refractivity contribution in [2.45, 2.75) is 26.2 Å². The molecule has 68 valence electrons. The number of allylic oxidation sites excluding steroid dienone is 1. The molecule has 3 rings (SSSR count). The molecule has 0 aromatic carbocycles. The summed E-state index contributed by atoms with van der Waals surface area (Å²) in [5, 5.41) is 0. The van der Waals surface area contributed by atoms with Crippen LogP contribution in [0.15, 0.2) is 18.6 Å². The first-order chi connectivity index (χ1) is 6.45. The summed E-state index contributed by atoms with van der Waals surface area (Å²) in [5.41, 5.74) is 2.47. The number of aromatic nitrogens is 2. The van der Waals surface area contributed by atoms with E-state index in [2.05, 4.69) is 22.1 Å². The third kappa shape index (κ3) is 1.37. The average Bonchev–Trinajstić information content (AvgIpc) is 3.00. The van der Waals surface area contributed by atoms with Gasteiger partial charge in [-0.3, -0.25) is 0 Å². The fraction of sp³-hybridized carbons (Fsp3) is 0.455. The molecule has 1 aromatic rings. The maximum atomic E-state index is 4.20. The fourth-order valence-electron chi connectivity index (χ4n) is 1.77. The Hall–Kier alpha value is -1.18. The van der Waals surface area contributed by atoms with Crippen molar-refractivity contribution in [1.29, 1.82) is 0 Å². The van der Waals surface area contributed by atoms with Gasteiger partial charge in [-0.15, -0.1) is 0 Å². The fourth-order valence-corrected chi connectivity index (χ4v) is 1.77. The quantitative estimate of drug-likeness (QED) is 0.604. The number of fused-ring (bicyclic) bond motifs is 3. The molecule has 2 nitrogen and oxygen atoms in total. The Morgan fingerprint density at radius 3 is 3.08 bits per heavy atom. The van der Waals surface area contributed by atoms with E-state index in [1.807, 2.05) is 20.0 Å². The van der Waals surface area contributed by atoms with Gasteiger partial charge >= 0.3 is 0 Å². The highest BCUT2D eigenvalue weighted by Crippen LogP contribution is 2.51. The molecular formula is C11H14N2. The molecule has 1 fully saturated rings. The summed E-state index contributed by atoms with van der Waals surface area (Å²) in [5.74, 6) is 1.55. The molecule has 0 N–H and O–H groups in total. The van der Waals surface area contributed by atoms with Crippen LogP contribution >= 0.6 is 0 Å². The van der Waals surface area contributed by atoms with Gasteiger partial charge in [-0.05, 0) is 29.9 Å². The first-order valence-electron chi connectivity index (χ1n) is 4.93. The predicted octanol–water partition coefficient (Wildman–Crippen LogP) is 2.63. The Labute approximate surface area is 78.7 Å². The smallest absolute Gasteiger partial charge is 0.116 e. The van der Waals surface area contributed by atoms with Crippen LogP contribution in [-0.4, -0.2) is 9.97 Å². The van der Waals surface area contributed by atoms with Gasteiger partial charge < -0.3 is 0 Å². The topological polar surface area (TPSA) is 25.8 Å². The monoisotopic (exact) mass is 174 g/mol. The lowest BCUT2D eigenvalue weighted by molar-refractivity contribution is 0.948. The van der Waals surface area contributed by atoms with E-state index in [0.29, 0.717) is 0 Å². The van der Waals surface area contributed by atoms with Crippen LogP contribution in [-0.2, 0) is 0 Å². The van der Waals surface area contributed by atoms with Crippen LogP contribution in [0.2, 0.25) is 0 Å². The third-order valence-electron chi connectivity index (χ3n) is 2.51. The van der Waals surface area contributed by atoms with Crippen molar-refractivity contribution in [3.63, 3.8) is 0 Å².